The van der Waals surface area contributed by atoms with Crippen molar-refractivity contribution in [2.75, 3.05) is 0 Å². The van der Waals surface area contributed by atoms with Crippen LogP contribution in [0.2, 0.25) is 0 Å². The summed E-state index contributed by atoms with van der Waals surface area (Å²) >= 11 is 4.82. The third kappa shape index (κ3) is 2.62. The second-order valence-corrected chi connectivity index (χ2v) is 5.07. The second-order valence-electron chi connectivity index (χ2n) is 3.21. The summed E-state index contributed by atoms with van der Waals surface area (Å²) in [7, 11) is 0. The van der Waals surface area contributed by atoms with E-state index in [0.29, 0.717) is 0 Å². The van der Waals surface area contributed by atoms with E-state index in [4.69, 9.17) is 5.11 Å². The Balaban J connectivity index is 2.39. The van der Waals surface area contributed by atoms with Crippen molar-refractivity contribution in [1.82, 2.24) is 9.78 Å². The quantitative estimate of drug-likeness (QED) is 0.938. The van der Waals surface area contributed by atoms with Crippen LogP contribution in [0.4, 0.5) is 0 Å². The van der Waals surface area contributed by atoms with Crippen LogP contribution in [0.1, 0.15) is 15.4 Å². The fourth-order valence-corrected chi connectivity index (χ4v) is 2.71. The molecule has 0 spiro atoms. The van der Waals surface area contributed by atoms with Crippen LogP contribution in [0.5, 0.6) is 0 Å². The number of hydrogen-bond donors (Lipinski definition) is 1. The number of nitrogens with zero attached hydrogens (tertiary/aromatic N) is 2. The average molecular weight is 315 g/mol. The first-order chi connectivity index (χ1) is 8.08. The molecule has 0 fully saturated rings. The molecule has 0 aliphatic carbocycles. The van der Waals surface area contributed by atoms with E-state index in [1.54, 1.807) is 0 Å². The number of aromatic nitrogens is 2. The molecule has 17 heavy (non-hydrogen) atoms. The van der Waals surface area contributed by atoms with Gasteiger partial charge in [-0.1, -0.05) is 0 Å². The number of rotatable bonds is 3. The van der Waals surface area contributed by atoms with Gasteiger partial charge in [0.05, 0.1) is 6.54 Å². The van der Waals surface area contributed by atoms with Gasteiger partial charge in [0, 0.05) is 15.4 Å². The summed E-state index contributed by atoms with van der Waals surface area (Å²) in [6.45, 7) is 0.262. The fourth-order valence-electron chi connectivity index (χ4n) is 1.25. The molecule has 2 aromatic heterocycles. The first-order valence-electron chi connectivity index (χ1n) is 4.61. The van der Waals surface area contributed by atoms with Crippen LogP contribution >= 0.6 is 27.3 Å². The van der Waals surface area contributed by atoms with Crippen LogP contribution in [0, 0.1) is 0 Å². The third-order valence-electron chi connectivity index (χ3n) is 2.07. The molecule has 0 radical (unpaired) electrons. The van der Waals surface area contributed by atoms with Gasteiger partial charge in [-0.05, 0) is 33.4 Å². The van der Waals surface area contributed by atoms with Gasteiger partial charge in [-0.2, -0.15) is 5.10 Å². The predicted octanol–water partition coefficient (Wildman–Crippen LogP) is 1.81. The Labute approximate surface area is 108 Å². The van der Waals surface area contributed by atoms with Gasteiger partial charge < -0.3 is 5.11 Å². The molecule has 2 aromatic rings. The summed E-state index contributed by atoms with van der Waals surface area (Å²) in [6, 6.07) is 4.27. The van der Waals surface area contributed by atoms with E-state index >= 15 is 0 Å². The van der Waals surface area contributed by atoms with Crippen molar-refractivity contribution in [3.8, 4) is 0 Å². The monoisotopic (exact) mass is 314 g/mol. The molecule has 0 saturated heterocycles. The minimum Gasteiger partial charge on any atom is -0.476 e. The minimum atomic E-state index is -1.15. The molecule has 0 unspecified atom stereocenters. The molecule has 0 saturated carbocycles. The number of hydrogen-bond acceptors (Lipinski definition) is 4. The number of aromatic carboxylic acids is 1. The zero-order chi connectivity index (χ0) is 12.4. The van der Waals surface area contributed by atoms with E-state index in [1.807, 2.05) is 11.4 Å². The molecule has 0 aliphatic rings. The lowest BCUT2D eigenvalue weighted by Gasteiger charge is -2.03. The molecule has 0 aliphatic heterocycles. The normalized spacial score (nSPS) is 10.4. The first kappa shape index (κ1) is 12.0. The number of thiophene rings is 1. The number of carboxylic acids is 1. The van der Waals surface area contributed by atoms with Crippen LogP contribution in [0.3, 0.4) is 0 Å². The first-order valence-corrected chi connectivity index (χ1v) is 6.28. The average Bonchev–Trinajstić information content (AvgIpc) is 2.67. The minimum absolute atomic E-state index is 0.141. The van der Waals surface area contributed by atoms with E-state index in [2.05, 4.69) is 21.0 Å². The predicted molar refractivity (Wildman–Crippen MR) is 66.6 cm³/mol. The van der Waals surface area contributed by atoms with Crippen molar-refractivity contribution in [2.24, 2.45) is 0 Å². The molecule has 0 amide bonds. The molecule has 0 aromatic carbocycles. The Morgan fingerprint density at radius 3 is 2.82 bits per heavy atom. The molecule has 0 bridgehead atoms. The Hall–Kier alpha value is -1.47. The van der Waals surface area contributed by atoms with Crippen LogP contribution < -0.4 is 5.56 Å². The highest BCUT2D eigenvalue weighted by atomic mass is 79.9. The van der Waals surface area contributed by atoms with Gasteiger partial charge in [0.2, 0.25) is 0 Å². The highest BCUT2D eigenvalue weighted by molar-refractivity contribution is 9.10. The van der Waals surface area contributed by atoms with Gasteiger partial charge in [-0.25, -0.2) is 9.48 Å². The maximum absolute atomic E-state index is 11.5. The van der Waals surface area contributed by atoms with Crippen molar-refractivity contribution >= 4 is 33.2 Å². The van der Waals surface area contributed by atoms with E-state index in [9.17, 15) is 9.59 Å². The zero-order valence-corrected chi connectivity index (χ0v) is 10.9. The van der Waals surface area contributed by atoms with Gasteiger partial charge in [0.25, 0.3) is 5.56 Å². The Kier molecular flexibility index (Phi) is 3.39. The van der Waals surface area contributed by atoms with E-state index in [-0.39, 0.29) is 17.8 Å². The largest absolute Gasteiger partial charge is 0.476 e. The molecule has 5 nitrogen and oxygen atoms in total. The summed E-state index contributed by atoms with van der Waals surface area (Å²) in [4.78, 5) is 23.2. The summed E-state index contributed by atoms with van der Waals surface area (Å²) in [5, 5.41) is 14.5. The van der Waals surface area contributed by atoms with Crippen LogP contribution in [-0.2, 0) is 6.54 Å². The molecule has 1 N–H and O–H groups in total. The number of carboxylic acid groups (broad SMARTS) is 1. The van der Waals surface area contributed by atoms with Gasteiger partial charge in [0.1, 0.15) is 0 Å². The lowest BCUT2D eigenvalue weighted by atomic mass is 10.4. The molecule has 2 rings (SSSR count). The molecular weight excluding hydrogens is 308 g/mol. The van der Waals surface area contributed by atoms with Crippen molar-refractivity contribution in [3.63, 3.8) is 0 Å². The maximum Gasteiger partial charge on any atom is 0.356 e. The van der Waals surface area contributed by atoms with Crippen LogP contribution in [-0.4, -0.2) is 20.9 Å². The van der Waals surface area contributed by atoms with Gasteiger partial charge in [-0.15, -0.1) is 11.3 Å². The van der Waals surface area contributed by atoms with Gasteiger partial charge >= 0.3 is 5.97 Å². The summed E-state index contributed by atoms with van der Waals surface area (Å²) in [5.41, 5.74) is -0.465. The van der Waals surface area contributed by atoms with Crippen LogP contribution in [0.15, 0.2) is 32.8 Å². The van der Waals surface area contributed by atoms with Crippen molar-refractivity contribution in [1.29, 1.82) is 0 Å². The standard InChI is InChI=1S/C10H7BrN2O3S/c11-6-3-4-17-8(6)5-13-9(14)2-1-7(12-13)10(15)16/h1-4H,5H2,(H,15,16). The van der Waals surface area contributed by atoms with Crippen molar-refractivity contribution < 1.29 is 9.90 Å². The Morgan fingerprint density at radius 2 is 2.24 bits per heavy atom. The van der Waals surface area contributed by atoms with Gasteiger partial charge in [0.15, 0.2) is 5.69 Å². The summed E-state index contributed by atoms with van der Waals surface area (Å²) in [6.07, 6.45) is 0. The lowest BCUT2D eigenvalue weighted by molar-refractivity contribution is 0.0687. The molecule has 2 heterocycles. The zero-order valence-electron chi connectivity index (χ0n) is 8.46. The molecular formula is C10H7BrN2O3S. The lowest BCUT2D eigenvalue weighted by Crippen LogP contribution is -2.24. The fraction of sp³-hybridized carbons (Fsp3) is 0.100. The Bertz CT molecular complexity index is 620. The SMILES string of the molecule is O=C(O)c1ccc(=O)n(Cc2sccc2Br)n1. The number of carbonyl (C=O) groups is 1. The summed E-state index contributed by atoms with van der Waals surface area (Å²) in [5.74, 6) is -1.15. The highest BCUT2D eigenvalue weighted by Crippen LogP contribution is 2.22. The smallest absolute Gasteiger partial charge is 0.356 e. The highest BCUT2D eigenvalue weighted by Gasteiger charge is 2.09. The molecule has 88 valence electrons. The second kappa shape index (κ2) is 4.80. The van der Waals surface area contributed by atoms with Gasteiger partial charge in [-0.3, -0.25) is 4.79 Å². The van der Waals surface area contributed by atoms with Crippen molar-refractivity contribution in [2.45, 2.75) is 6.54 Å². The van der Waals surface area contributed by atoms with E-state index in [1.165, 1.54) is 23.5 Å². The van der Waals surface area contributed by atoms with Crippen molar-refractivity contribution in [3.05, 3.63) is 49.0 Å². The Morgan fingerprint density at radius 1 is 1.47 bits per heavy atom. The molecule has 0 atom stereocenters. The van der Waals surface area contributed by atoms with E-state index in [0.717, 1.165) is 14.0 Å². The third-order valence-corrected chi connectivity index (χ3v) is 3.98. The number of halogens is 1. The summed E-state index contributed by atoms with van der Waals surface area (Å²) < 4.78 is 2.02. The van der Waals surface area contributed by atoms with E-state index < -0.39 is 5.97 Å². The topological polar surface area (TPSA) is 72.2 Å². The molecule has 7 heteroatoms. The maximum atomic E-state index is 11.5. The van der Waals surface area contributed by atoms with Crippen LogP contribution in [0.25, 0.3) is 0 Å².